The van der Waals surface area contributed by atoms with Crippen molar-refractivity contribution in [2.45, 2.75) is 320 Å². The van der Waals surface area contributed by atoms with Crippen LogP contribution in [0.5, 0.6) is 0 Å². The molecule has 432 valence electrons. The van der Waals surface area contributed by atoms with Gasteiger partial charge < -0.3 is 45.1 Å². The minimum Gasteiger partial charge on any atom is -0.466 e. The third-order valence-corrected chi connectivity index (χ3v) is 14.4. The number of allylic oxidation sites excluding steroid dienone is 7. The van der Waals surface area contributed by atoms with Crippen molar-refractivity contribution in [1.29, 1.82) is 0 Å². The fourth-order valence-corrected chi connectivity index (χ4v) is 9.48. The maximum Gasteiger partial charge on any atom is 0.305 e. The fraction of sp³-hybridized carbons (Fsp3) is 0.841. The van der Waals surface area contributed by atoms with Crippen LogP contribution in [0.2, 0.25) is 0 Å². The third-order valence-electron chi connectivity index (χ3n) is 14.4. The Balaban J connectivity index is 2.08. The van der Waals surface area contributed by atoms with Crippen molar-refractivity contribution in [2.75, 3.05) is 19.8 Å². The lowest BCUT2D eigenvalue weighted by molar-refractivity contribution is -0.302. The Kier molecular flexibility index (Phi) is 49.6. The van der Waals surface area contributed by atoms with Gasteiger partial charge in [-0.15, -0.1) is 0 Å². The number of hydrogen-bond donors (Lipinski definition) is 6. The topological polar surface area (TPSA) is 175 Å². The third kappa shape index (κ3) is 41.7. The van der Waals surface area contributed by atoms with Gasteiger partial charge in [-0.2, -0.15) is 0 Å². The standard InChI is InChI=1S/C63H115NO10/c1-3-5-7-9-11-13-15-30-33-37-41-45-49-56(66)55(54-73-63-62(71)61(70)60(69)57(53-65)74-63)64-58(67)50-46-42-38-34-31-27-25-23-21-19-17-16-18-20-22-24-26-28-32-36-40-44-48-52-72-59(68)51-47-43-39-35-29-14-12-10-8-6-4-2/h16,18-19,21,30,33,45,49,55-57,60-63,65-66,69-71H,3-15,17,20,22-29,31-32,34-44,46-48,50-54H2,1-2H3,(H,64,67)/b18-16-,21-19-,33-30+,49-45+. The zero-order valence-corrected chi connectivity index (χ0v) is 47.6. The van der Waals surface area contributed by atoms with Crippen LogP contribution in [0.4, 0.5) is 0 Å². The molecule has 74 heavy (non-hydrogen) atoms. The predicted octanol–water partition coefficient (Wildman–Crippen LogP) is 14.5. The van der Waals surface area contributed by atoms with Crippen LogP contribution < -0.4 is 5.32 Å². The van der Waals surface area contributed by atoms with Crippen LogP contribution >= 0.6 is 0 Å². The zero-order chi connectivity index (χ0) is 53.8. The van der Waals surface area contributed by atoms with Crippen molar-refractivity contribution >= 4 is 11.9 Å². The molecule has 1 aliphatic heterocycles. The first-order valence-electron chi connectivity index (χ1n) is 30.9. The van der Waals surface area contributed by atoms with Crippen LogP contribution in [0.3, 0.4) is 0 Å². The normalized spacial score (nSPS) is 19.1. The molecule has 11 nitrogen and oxygen atoms in total. The Morgan fingerprint density at radius 1 is 0.500 bits per heavy atom. The van der Waals surface area contributed by atoms with Crippen LogP contribution in [0.15, 0.2) is 48.6 Å². The highest BCUT2D eigenvalue weighted by Crippen LogP contribution is 2.23. The van der Waals surface area contributed by atoms with Gasteiger partial charge in [0.05, 0.1) is 32.0 Å². The molecular weight excluding hydrogens is 931 g/mol. The number of aliphatic hydroxyl groups excluding tert-OH is 5. The maximum atomic E-state index is 13.0. The molecule has 0 radical (unpaired) electrons. The van der Waals surface area contributed by atoms with Crippen LogP contribution in [-0.4, -0.2) is 100 Å². The Morgan fingerprint density at radius 3 is 1.42 bits per heavy atom. The number of nitrogens with one attached hydrogen (secondary N) is 1. The maximum absolute atomic E-state index is 13.0. The number of unbranched alkanes of at least 4 members (excludes halogenated alkanes) is 33. The molecule has 1 fully saturated rings. The highest BCUT2D eigenvalue weighted by Gasteiger charge is 2.44. The van der Waals surface area contributed by atoms with E-state index in [0.717, 1.165) is 83.5 Å². The smallest absolute Gasteiger partial charge is 0.305 e. The van der Waals surface area contributed by atoms with E-state index >= 15 is 0 Å². The first kappa shape index (κ1) is 69.6. The van der Waals surface area contributed by atoms with Gasteiger partial charge in [-0.25, -0.2) is 0 Å². The van der Waals surface area contributed by atoms with Gasteiger partial charge in [0.1, 0.15) is 24.4 Å². The molecule has 0 saturated carbocycles. The van der Waals surface area contributed by atoms with E-state index in [1.807, 2.05) is 6.08 Å². The van der Waals surface area contributed by atoms with Gasteiger partial charge in [0.25, 0.3) is 0 Å². The van der Waals surface area contributed by atoms with E-state index in [-0.39, 0.29) is 18.5 Å². The van der Waals surface area contributed by atoms with Crippen LogP contribution in [0.1, 0.15) is 277 Å². The van der Waals surface area contributed by atoms with E-state index in [1.54, 1.807) is 6.08 Å². The fourth-order valence-electron chi connectivity index (χ4n) is 9.48. The van der Waals surface area contributed by atoms with E-state index in [2.05, 4.69) is 55.6 Å². The average Bonchev–Trinajstić information content (AvgIpc) is 3.40. The van der Waals surface area contributed by atoms with Crippen LogP contribution in [0.25, 0.3) is 0 Å². The number of rotatable bonds is 53. The number of ether oxygens (including phenoxy) is 3. The molecule has 1 amide bonds. The lowest BCUT2D eigenvalue weighted by atomic mass is 9.99. The summed E-state index contributed by atoms with van der Waals surface area (Å²) in [5.41, 5.74) is 0. The Hall–Kier alpha value is -2.38. The number of amides is 1. The first-order chi connectivity index (χ1) is 36.2. The Bertz CT molecular complexity index is 1370. The van der Waals surface area contributed by atoms with Crippen molar-refractivity contribution in [1.82, 2.24) is 5.32 Å². The van der Waals surface area contributed by atoms with Gasteiger partial charge in [0, 0.05) is 12.8 Å². The van der Waals surface area contributed by atoms with Crippen LogP contribution in [0, 0.1) is 0 Å². The second-order valence-corrected chi connectivity index (χ2v) is 21.4. The van der Waals surface area contributed by atoms with Crippen molar-refractivity contribution in [3.05, 3.63) is 48.6 Å². The molecule has 6 N–H and O–H groups in total. The lowest BCUT2D eigenvalue weighted by Gasteiger charge is -2.40. The lowest BCUT2D eigenvalue weighted by Crippen LogP contribution is -2.60. The summed E-state index contributed by atoms with van der Waals surface area (Å²) in [5, 5.41) is 54.3. The van der Waals surface area contributed by atoms with Crippen molar-refractivity contribution < 1.29 is 49.3 Å². The van der Waals surface area contributed by atoms with Gasteiger partial charge in [0.15, 0.2) is 6.29 Å². The van der Waals surface area contributed by atoms with Gasteiger partial charge >= 0.3 is 5.97 Å². The summed E-state index contributed by atoms with van der Waals surface area (Å²) in [6, 6.07) is -0.835. The molecule has 0 bridgehead atoms. The van der Waals surface area contributed by atoms with E-state index in [1.165, 1.54) is 167 Å². The second-order valence-electron chi connectivity index (χ2n) is 21.4. The van der Waals surface area contributed by atoms with Gasteiger partial charge in [-0.1, -0.05) is 236 Å². The molecular formula is C63H115NO10. The minimum absolute atomic E-state index is 0.00589. The van der Waals surface area contributed by atoms with E-state index < -0.39 is 49.5 Å². The first-order valence-corrected chi connectivity index (χ1v) is 30.9. The predicted molar refractivity (Wildman–Crippen MR) is 306 cm³/mol. The van der Waals surface area contributed by atoms with Gasteiger partial charge in [-0.3, -0.25) is 9.59 Å². The second kappa shape index (κ2) is 52.7. The molecule has 7 unspecified atom stereocenters. The number of carbonyl (C=O) groups excluding carboxylic acids is 2. The number of carbonyl (C=O) groups is 2. The summed E-state index contributed by atoms with van der Waals surface area (Å²) in [6.45, 7) is 4.30. The molecule has 0 aromatic rings. The van der Waals surface area contributed by atoms with Gasteiger partial charge in [-0.05, 0) is 77.0 Å². The highest BCUT2D eigenvalue weighted by molar-refractivity contribution is 5.76. The molecule has 0 spiro atoms. The number of esters is 1. The molecule has 0 aliphatic carbocycles. The van der Waals surface area contributed by atoms with Crippen LogP contribution in [-0.2, 0) is 23.8 Å². The summed E-state index contributed by atoms with van der Waals surface area (Å²) in [6.07, 6.45) is 56.4. The molecule has 1 aliphatic rings. The summed E-state index contributed by atoms with van der Waals surface area (Å²) >= 11 is 0. The summed E-state index contributed by atoms with van der Waals surface area (Å²) in [4.78, 5) is 25.0. The molecule has 1 rings (SSSR count). The molecule has 1 heterocycles. The van der Waals surface area contributed by atoms with Crippen molar-refractivity contribution in [3.8, 4) is 0 Å². The molecule has 11 heteroatoms. The summed E-state index contributed by atoms with van der Waals surface area (Å²) in [7, 11) is 0. The minimum atomic E-state index is -1.58. The number of aliphatic hydroxyl groups is 5. The van der Waals surface area contributed by atoms with Gasteiger partial charge in [0.2, 0.25) is 5.91 Å². The molecule has 7 atom stereocenters. The quantitative estimate of drug-likeness (QED) is 0.0195. The largest absolute Gasteiger partial charge is 0.466 e. The SMILES string of the molecule is CCCCCCCC/C=C/CC/C=C/C(O)C(COC1OC(CO)C(O)C(O)C1O)NC(=O)CCCCCCCCC/C=C\C/C=C\CCCCCCCCCCCOC(=O)CCCCCCCCCCCCC. The number of hydrogen-bond acceptors (Lipinski definition) is 10. The summed E-state index contributed by atoms with van der Waals surface area (Å²) < 4.78 is 16.7. The molecule has 1 saturated heterocycles. The van der Waals surface area contributed by atoms with Crippen molar-refractivity contribution in [3.63, 3.8) is 0 Å². The van der Waals surface area contributed by atoms with E-state index in [4.69, 9.17) is 14.2 Å². The average molecular weight is 1050 g/mol. The summed E-state index contributed by atoms with van der Waals surface area (Å²) in [5.74, 6) is -0.209. The Morgan fingerprint density at radius 2 is 0.919 bits per heavy atom. The van der Waals surface area contributed by atoms with E-state index in [0.29, 0.717) is 19.4 Å². The molecule has 0 aromatic carbocycles. The van der Waals surface area contributed by atoms with E-state index in [9.17, 15) is 35.1 Å². The monoisotopic (exact) mass is 1050 g/mol. The zero-order valence-electron chi connectivity index (χ0n) is 47.6. The Labute approximate surface area is 453 Å². The van der Waals surface area contributed by atoms with Crippen molar-refractivity contribution in [2.24, 2.45) is 0 Å². The molecule has 0 aromatic heterocycles. The highest BCUT2D eigenvalue weighted by atomic mass is 16.7.